The fourth-order valence-corrected chi connectivity index (χ4v) is 3.95. The molecule has 0 unspecified atom stereocenters. The van der Waals surface area contributed by atoms with E-state index < -0.39 is 5.91 Å². The average Bonchev–Trinajstić information content (AvgIpc) is 3.27. The Kier molecular flexibility index (Phi) is 5.14. The van der Waals surface area contributed by atoms with E-state index >= 15 is 0 Å². The number of anilines is 1. The molecule has 162 valence electrons. The van der Waals surface area contributed by atoms with Gasteiger partial charge in [-0.05, 0) is 24.6 Å². The Labute approximate surface area is 184 Å². The zero-order valence-electron chi connectivity index (χ0n) is 17.2. The van der Waals surface area contributed by atoms with Gasteiger partial charge in [-0.2, -0.15) is 5.10 Å². The largest absolute Gasteiger partial charge is 0.350 e. The standard InChI is InChI=1S/C23H21FN6O2/c24-19-10-5-4-7-16(19)13-26-20(31)15-29-22-18(21-25-11-6-12-28(21)23(29)32)14-27-30(22)17-8-2-1-3-9-17/h1-5,7-10,14H,6,11-13,15H2,(H,26,31). The number of urea groups is 1. The Morgan fingerprint density at radius 3 is 2.69 bits per heavy atom. The number of amidine groups is 1. The molecule has 0 saturated heterocycles. The molecule has 3 amide bonds. The van der Waals surface area contributed by atoms with E-state index in [4.69, 9.17) is 0 Å². The number of rotatable bonds is 5. The third-order valence-corrected chi connectivity index (χ3v) is 5.50. The number of hydrogen-bond acceptors (Lipinski definition) is 4. The molecular formula is C23H21FN6O2. The zero-order valence-corrected chi connectivity index (χ0v) is 17.2. The fraction of sp³-hybridized carbons (Fsp3) is 0.217. The van der Waals surface area contributed by atoms with Crippen LogP contribution in [0.2, 0.25) is 0 Å². The SMILES string of the molecule is O=C(CN1C(=O)N2CCCN=C2c2cnn(-c3ccccc3)c21)NCc1ccccc1F. The number of amides is 3. The van der Waals surface area contributed by atoms with Crippen molar-refractivity contribution in [2.45, 2.75) is 13.0 Å². The molecule has 0 bridgehead atoms. The Bertz CT molecular complexity index is 1210. The van der Waals surface area contributed by atoms with Gasteiger partial charge >= 0.3 is 6.03 Å². The molecule has 2 aliphatic rings. The summed E-state index contributed by atoms with van der Waals surface area (Å²) in [6.45, 7) is 0.983. The zero-order chi connectivity index (χ0) is 22.1. The van der Waals surface area contributed by atoms with Crippen molar-refractivity contribution in [1.29, 1.82) is 0 Å². The van der Waals surface area contributed by atoms with E-state index in [1.54, 1.807) is 34.0 Å². The molecular weight excluding hydrogens is 411 g/mol. The maximum absolute atomic E-state index is 13.9. The van der Waals surface area contributed by atoms with Gasteiger partial charge < -0.3 is 5.32 Å². The minimum absolute atomic E-state index is 0.0365. The van der Waals surface area contributed by atoms with Crippen molar-refractivity contribution in [3.63, 3.8) is 0 Å². The molecule has 8 nitrogen and oxygen atoms in total. The Balaban J connectivity index is 1.47. The Hall–Kier alpha value is -4.01. The van der Waals surface area contributed by atoms with Crippen LogP contribution in [0.3, 0.4) is 0 Å². The second-order valence-electron chi connectivity index (χ2n) is 7.58. The van der Waals surface area contributed by atoms with Crippen molar-refractivity contribution in [2.24, 2.45) is 4.99 Å². The van der Waals surface area contributed by atoms with Crippen LogP contribution in [0.5, 0.6) is 0 Å². The average molecular weight is 432 g/mol. The minimum Gasteiger partial charge on any atom is -0.350 e. The molecule has 9 heteroatoms. The number of hydrogen-bond donors (Lipinski definition) is 1. The molecule has 1 aromatic heterocycles. The van der Waals surface area contributed by atoms with Gasteiger partial charge in [0.25, 0.3) is 0 Å². The summed E-state index contributed by atoms with van der Waals surface area (Å²) in [6, 6.07) is 15.3. The number of aromatic nitrogens is 2. The normalized spacial score (nSPS) is 15.2. The second-order valence-corrected chi connectivity index (χ2v) is 7.58. The van der Waals surface area contributed by atoms with E-state index in [2.05, 4.69) is 15.4 Å². The predicted octanol–water partition coefficient (Wildman–Crippen LogP) is 2.72. The van der Waals surface area contributed by atoms with Crippen LogP contribution in [0, 0.1) is 5.82 Å². The van der Waals surface area contributed by atoms with Crippen molar-refractivity contribution in [3.05, 3.63) is 77.7 Å². The van der Waals surface area contributed by atoms with Gasteiger partial charge in [0, 0.05) is 25.2 Å². The summed E-state index contributed by atoms with van der Waals surface area (Å²) in [4.78, 5) is 33.7. The monoisotopic (exact) mass is 432 g/mol. The van der Waals surface area contributed by atoms with Gasteiger partial charge in [-0.15, -0.1) is 0 Å². The topological polar surface area (TPSA) is 82.8 Å². The summed E-state index contributed by atoms with van der Waals surface area (Å²) in [7, 11) is 0. The van der Waals surface area contributed by atoms with Crippen LogP contribution in [-0.4, -0.2) is 52.1 Å². The second kappa shape index (κ2) is 8.26. The lowest BCUT2D eigenvalue weighted by Gasteiger charge is -2.37. The van der Waals surface area contributed by atoms with Crippen LogP contribution in [0.4, 0.5) is 15.0 Å². The molecule has 1 N–H and O–H groups in total. The van der Waals surface area contributed by atoms with Gasteiger partial charge in [-0.25, -0.2) is 13.9 Å². The number of para-hydroxylation sites is 1. The van der Waals surface area contributed by atoms with E-state index in [1.807, 2.05) is 30.3 Å². The van der Waals surface area contributed by atoms with Crippen molar-refractivity contribution >= 4 is 23.6 Å². The molecule has 32 heavy (non-hydrogen) atoms. The minimum atomic E-state index is -0.397. The molecule has 5 rings (SSSR count). The molecule has 2 aliphatic heterocycles. The highest BCUT2D eigenvalue weighted by Crippen LogP contribution is 2.32. The third kappa shape index (κ3) is 3.51. The van der Waals surface area contributed by atoms with Gasteiger partial charge in [0.15, 0.2) is 5.82 Å². The van der Waals surface area contributed by atoms with Crippen LogP contribution in [0.1, 0.15) is 17.5 Å². The summed E-state index contributed by atoms with van der Waals surface area (Å²) >= 11 is 0. The molecule has 0 atom stereocenters. The number of aliphatic imine (C=N–C) groups is 1. The Morgan fingerprint density at radius 1 is 1.09 bits per heavy atom. The highest BCUT2D eigenvalue weighted by atomic mass is 19.1. The lowest BCUT2D eigenvalue weighted by atomic mass is 10.1. The number of carbonyl (C=O) groups is 2. The van der Waals surface area contributed by atoms with Crippen LogP contribution in [0.25, 0.3) is 5.69 Å². The van der Waals surface area contributed by atoms with E-state index in [0.717, 1.165) is 12.1 Å². The fourth-order valence-electron chi connectivity index (χ4n) is 3.95. The van der Waals surface area contributed by atoms with Crippen molar-refractivity contribution in [3.8, 4) is 5.69 Å². The number of carbonyl (C=O) groups excluding carboxylic acids is 2. The summed E-state index contributed by atoms with van der Waals surface area (Å²) in [6.07, 6.45) is 2.43. The first kappa shape index (κ1) is 19.9. The lowest BCUT2D eigenvalue weighted by molar-refractivity contribution is -0.119. The number of nitrogens with one attached hydrogen (secondary N) is 1. The van der Waals surface area contributed by atoms with Crippen molar-refractivity contribution in [1.82, 2.24) is 20.0 Å². The number of benzene rings is 2. The predicted molar refractivity (Wildman–Crippen MR) is 117 cm³/mol. The number of nitrogens with zero attached hydrogens (tertiary/aromatic N) is 5. The molecule has 0 radical (unpaired) electrons. The third-order valence-electron chi connectivity index (χ3n) is 5.50. The van der Waals surface area contributed by atoms with Crippen LogP contribution in [-0.2, 0) is 11.3 Å². The summed E-state index contributed by atoms with van der Waals surface area (Å²) in [5, 5.41) is 7.20. The van der Waals surface area contributed by atoms with Crippen LogP contribution < -0.4 is 10.2 Å². The van der Waals surface area contributed by atoms with Crippen molar-refractivity contribution < 1.29 is 14.0 Å². The first-order valence-electron chi connectivity index (χ1n) is 10.4. The van der Waals surface area contributed by atoms with Crippen LogP contribution in [0.15, 0.2) is 65.8 Å². The molecule has 0 fully saturated rings. The van der Waals surface area contributed by atoms with Crippen molar-refractivity contribution in [2.75, 3.05) is 24.5 Å². The smallest absolute Gasteiger partial charge is 0.331 e. The highest BCUT2D eigenvalue weighted by Gasteiger charge is 2.40. The molecule has 0 aliphatic carbocycles. The van der Waals surface area contributed by atoms with Gasteiger partial charge in [0.2, 0.25) is 5.91 Å². The number of fused-ring (bicyclic) bond motifs is 3. The number of halogens is 1. The maximum atomic E-state index is 13.9. The molecule has 2 aromatic carbocycles. The van der Waals surface area contributed by atoms with E-state index in [9.17, 15) is 14.0 Å². The van der Waals surface area contributed by atoms with E-state index in [0.29, 0.717) is 35.9 Å². The maximum Gasteiger partial charge on any atom is 0.331 e. The highest BCUT2D eigenvalue weighted by molar-refractivity contribution is 6.19. The summed E-state index contributed by atoms with van der Waals surface area (Å²) in [5.74, 6) is 0.298. The van der Waals surface area contributed by atoms with Gasteiger partial charge in [-0.3, -0.25) is 19.6 Å². The van der Waals surface area contributed by atoms with Crippen LogP contribution >= 0.6 is 0 Å². The lowest BCUT2D eigenvalue weighted by Crippen LogP contribution is -2.55. The summed E-state index contributed by atoms with van der Waals surface area (Å²) in [5.41, 5.74) is 1.85. The molecule has 0 saturated carbocycles. The quantitative estimate of drug-likeness (QED) is 0.673. The van der Waals surface area contributed by atoms with Gasteiger partial charge in [-0.1, -0.05) is 36.4 Å². The Morgan fingerprint density at radius 2 is 1.88 bits per heavy atom. The van der Waals surface area contributed by atoms with Gasteiger partial charge in [0.1, 0.15) is 18.2 Å². The molecule has 3 heterocycles. The molecule has 3 aromatic rings. The van der Waals surface area contributed by atoms with E-state index in [-0.39, 0.29) is 24.9 Å². The summed E-state index contributed by atoms with van der Waals surface area (Å²) < 4.78 is 15.5. The first-order chi connectivity index (χ1) is 15.6. The van der Waals surface area contributed by atoms with E-state index in [1.165, 1.54) is 11.0 Å². The molecule has 0 spiro atoms. The van der Waals surface area contributed by atoms with Gasteiger partial charge in [0.05, 0.1) is 17.4 Å². The first-order valence-corrected chi connectivity index (χ1v) is 10.4.